The van der Waals surface area contributed by atoms with Gasteiger partial charge in [0.05, 0.1) is 0 Å². The van der Waals surface area contributed by atoms with Crippen LogP contribution in [-0.4, -0.2) is 18.5 Å². The summed E-state index contributed by atoms with van der Waals surface area (Å²) in [6, 6.07) is 0. The van der Waals surface area contributed by atoms with Gasteiger partial charge in [0.1, 0.15) is 0 Å². The average Bonchev–Trinajstić information content (AvgIpc) is 1.67. The van der Waals surface area contributed by atoms with E-state index in [9.17, 15) is 4.79 Å². The van der Waals surface area contributed by atoms with E-state index in [4.69, 9.17) is 5.73 Å². The van der Waals surface area contributed by atoms with Gasteiger partial charge in [-0.2, -0.15) is 0 Å². The van der Waals surface area contributed by atoms with Crippen molar-refractivity contribution in [3.8, 4) is 0 Å². The predicted molar refractivity (Wildman–Crippen MR) is 32.3 cm³/mol. The van der Waals surface area contributed by atoms with E-state index < -0.39 is 0 Å². The third-order valence-electron chi connectivity index (χ3n) is 0.960. The molecule has 0 saturated heterocycles. The molecule has 0 fully saturated rings. The van der Waals surface area contributed by atoms with Crippen LogP contribution in [0.3, 0.4) is 0 Å². The minimum absolute atomic E-state index is 0.248. The Bertz CT molecular complexity index is 80.5. The molecule has 0 unspecified atom stereocenters. The Labute approximate surface area is 49.3 Å². The zero-order chi connectivity index (χ0) is 6.62. The molecule has 3 heteroatoms. The Morgan fingerprint density at radius 2 is 2.25 bits per heavy atom. The summed E-state index contributed by atoms with van der Waals surface area (Å²) in [7, 11) is 0. The molecule has 0 atom stereocenters. The van der Waals surface area contributed by atoms with Crippen molar-refractivity contribution in [3.05, 3.63) is 0 Å². The van der Waals surface area contributed by atoms with E-state index in [1.54, 1.807) is 0 Å². The fourth-order valence-corrected chi connectivity index (χ4v) is 0.218. The normalized spacial score (nSPS) is 10.9. The molecule has 0 aromatic heterocycles. The second-order valence-corrected chi connectivity index (χ2v) is 2.35. The van der Waals surface area contributed by atoms with Crippen molar-refractivity contribution in [3.63, 3.8) is 0 Å². The number of hydrogen-bond acceptors (Lipinski definition) is 2. The number of amides is 1. The molecule has 0 aliphatic heterocycles. The Hall–Kier alpha value is -0.570. The summed E-state index contributed by atoms with van der Waals surface area (Å²) < 4.78 is 0. The predicted octanol–water partition coefficient (Wildman–Crippen LogP) is -0.530. The van der Waals surface area contributed by atoms with Gasteiger partial charge in [0.25, 0.3) is 0 Å². The second-order valence-electron chi connectivity index (χ2n) is 2.35. The highest BCUT2D eigenvalue weighted by molar-refractivity contribution is 5.47. The Morgan fingerprint density at radius 1 is 1.75 bits per heavy atom. The smallest absolute Gasteiger partial charge is 0.207 e. The lowest BCUT2D eigenvalue weighted by Gasteiger charge is -2.20. The molecule has 8 heavy (non-hydrogen) atoms. The van der Waals surface area contributed by atoms with Crippen molar-refractivity contribution in [2.45, 2.75) is 19.4 Å². The minimum atomic E-state index is -0.248. The maximum Gasteiger partial charge on any atom is 0.207 e. The maximum atomic E-state index is 9.81. The van der Waals surface area contributed by atoms with Gasteiger partial charge >= 0.3 is 0 Å². The first-order valence-corrected chi connectivity index (χ1v) is 2.54. The van der Waals surface area contributed by atoms with E-state index in [-0.39, 0.29) is 5.54 Å². The first kappa shape index (κ1) is 7.43. The Morgan fingerprint density at radius 3 is 2.38 bits per heavy atom. The lowest BCUT2D eigenvalue weighted by Crippen LogP contribution is -2.44. The molecule has 0 spiro atoms. The third-order valence-corrected chi connectivity index (χ3v) is 0.960. The van der Waals surface area contributed by atoms with Crippen LogP contribution in [0.2, 0.25) is 0 Å². The van der Waals surface area contributed by atoms with Gasteiger partial charge in [-0.3, -0.25) is 4.79 Å². The van der Waals surface area contributed by atoms with Crippen LogP contribution in [0.5, 0.6) is 0 Å². The molecule has 0 aromatic rings. The first-order chi connectivity index (χ1) is 3.62. The number of carbonyl (C=O) groups excluding carboxylic acids is 1. The highest BCUT2D eigenvalue weighted by Gasteiger charge is 2.11. The monoisotopic (exact) mass is 116 g/mol. The number of hydrogen-bond donors (Lipinski definition) is 2. The standard InChI is InChI=1S/C5H12N2O/c1-5(2,3-6)7-4-8/h4H,3,6H2,1-2H3,(H,7,8). The molecule has 3 N–H and O–H groups in total. The van der Waals surface area contributed by atoms with Crippen LogP contribution < -0.4 is 11.1 Å². The van der Waals surface area contributed by atoms with Gasteiger partial charge in [-0.25, -0.2) is 0 Å². The molecular weight excluding hydrogens is 104 g/mol. The summed E-state index contributed by atoms with van der Waals surface area (Å²) in [5.41, 5.74) is 5.02. The number of nitrogens with two attached hydrogens (primary N) is 1. The molecule has 0 aliphatic carbocycles. The zero-order valence-electron chi connectivity index (χ0n) is 5.27. The van der Waals surface area contributed by atoms with Crippen LogP contribution in [-0.2, 0) is 4.79 Å². The Kier molecular flexibility index (Phi) is 2.48. The molecule has 0 heterocycles. The number of nitrogens with one attached hydrogen (secondary N) is 1. The summed E-state index contributed by atoms with van der Waals surface area (Å²) in [5, 5.41) is 2.57. The van der Waals surface area contributed by atoms with Crippen LogP contribution in [0.1, 0.15) is 13.8 Å². The molecule has 0 aromatic carbocycles. The van der Waals surface area contributed by atoms with E-state index in [2.05, 4.69) is 5.32 Å². The van der Waals surface area contributed by atoms with Gasteiger partial charge < -0.3 is 11.1 Å². The molecular formula is C5H12N2O. The zero-order valence-corrected chi connectivity index (χ0v) is 5.27. The van der Waals surface area contributed by atoms with Gasteiger partial charge in [0, 0.05) is 12.1 Å². The molecule has 0 saturated carbocycles. The molecule has 0 radical (unpaired) electrons. The fourth-order valence-electron chi connectivity index (χ4n) is 0.218. The van der Waals surface area contributed by atoms with Crippen molar-refractivity contribution in [1.82, 2.24) is 5.32 Å². The Balaban J connectivity index is 3.53. The van der Waals surface area contributed by atoms with E-state index in [1.807, 2.05) is 13.8 Å². The lowest BCUT2D eigenvalue weighted by atomic mass is 10.1. The first-order valence-electron chi connectivity index (χ1n) is 2.54. The largest absolute Gasteiger partial charge is 0.353 e. The summed E-state index contributed by atoms with van der Waals surface area (Å²) in [6.45, 7) is 4.19. The van der Waals surface area contributed by atoms with Gasteiger partial charge in [-0.05, 0) is 13.8 Å². The number of rotatable bonds is 3. The van der Waals surface area contributed by atoms with Gasteiger partial charge in [0.2, 0.25) is 6.41 Å². The summed E-state index contributed by atoms with van der Waals surface area (Å²) in [6.07, 6.45) is 0.660. The van der Waals surface area contributed by atoms with E-state index in [0.29, 0.717) is 13.0 Å². The van der Waals surface area contributed by atoms with Crippen LogP contribution in [0.4, 0.5) is 0 Å². The lowest BCUT2D eigenvalue weighted by molar-refractivity contribution is -0.110. The summed E-state index contributed by atoms with van der Waals surface area (Å²) >= 11 is 0. The van der Waals surface area contributed by atoms with Crippen LogP contribution in [0.15, 0.2) is 0 Å². The van der Waals surface area contributed by atoms with Crippen molar-refractivity contribution in [2.24, 2.45) is 5.73 Å². The highest BCUT2D eigenvalue weighted by atomic mass is 16.1. The molecule has 1 amide bonds. The fraction of sp³-hybridized carbons (Fsp3) is 0.800. The molecule has 0 aliphatic rings. The van der Waals surface area contributed by atoms with Crippen molar-refractivity contribution in [1.29, 1.82) is 0 Å². The van der Waals surface area contributed by atoms with Crippen LogP contribution in [0.25, 0.3) is 0 Å². The average molecular weight is 116 g/mol. The van der Waals surface area contributed by atoms with E-state index in [0.717, 1.165) is 0 Å². The quantitative estimate of drug-likeness (QED) is 0.487. The third kappa shape index (κ3) is 2.58. The van der Waals surface area contributed by atoms with Gasteiger partial charge in [0.15, 0.2) is 0 Å². The molecule has 3 nitrogen and oxygen atoms in total. The van der Waals surface area contributed by atoms with E-state index >= 15 is 0 Å². The van der Waals surface area contributed by atoms with E-state index in [1.165, 1.54) is 0 Å². The maximum absolute atomic E-state index is 9.81. The SMILES string of the molecule is CC(C)(CN)NC=O. The summed E-state index contributed by atoms with van der Waals surface area (Å²) in [4.78, 5) is 9.81. The number of carbonyl (C=O) groups is 1. The van der Waals surface area contributed by atoms with Crippen LogP contribution in [0, 0.1) is 0 Å². The molecule has 48 valence electrons. The highest BCUT2D eigenvalue weighted by Crippen LogP contribution is 1.94. The molecule has 0 rings (SSSR count). The van der Waals surface area contributed by atoms with Crippen molar-refractivity contribution in [2.75, 3.05) is 6.54 Å². The molecule has 0 bridgehead atoms. The van der Waals surface area contributed by atoms with Crippen LogP contribution >= 0.6 is 0 Å². The topological polar surface area (TPSA) is 55.1 Å². The second kappa shape index (κ2) is 2.67. The van der Waals surface area contributed by atoms with Crippen molar-refractivity contribution < 1.29 is 4.79 Å². The van der Waals surface area contributed by atoms with Crippen molar-refractivity contribution >= 4 is 6.41 Å². The minimum Gasteiger partial charge on any atom is -0.353 e. The summed E-state index contributed by atoms with van der Waals surface area (Å²) in [5.74, 6) is 0. The van der Waals surface area contributed by atoms with Gasteiger partial charge in [-0.1, -0.05) is 0 Å². The van der Waals surface area contributed by atoms with Gasteiger partial charge in [-0.15, -0.1) is 0 Å².